The Bertz CT molecular complexity index is 622. The zero-order valence-electron chi connectivity index (χ0n) is 14.0. The Kier molecular flexibility index (Phi) is 4.21. The molecule has 1 aliphatic carbocycles. The van der Waals surface area contributed by atoms with Gasteiger partial charge in [0, 0.05) is 24.9 Å². The average molecular weight is 332 g/mol. The number of carbonyl (C=O) groups excluding carboxylic acids is 1. The molecule has 130 valence electrons. The van der Waals surface area contributed by atoms with Gasteiger partial charge in [-0.1, -0.05) is 19.3 Å². The first-order valence-electron chi connectivity index (χ1n) is 9.19. The Morgan fingerprint density at radius 3 is 2.71 bits per heavy atom. The molecule has 0 atom stereocenters. The van der Waals surface area contributed by atoms with E-state index in [0.29, 0.717) is 25.3 Å². The first-order valence-corrected chi connectivity index (χ1v) is 9.19. The van der Waals surface area contributed by atoms with Crippen molar-refractivity contribution in [2.45, 2.75) is 50.5 Å². The molecule has 0 bridgehead atoms. The average Bonchev–Trinajstić information content (AvgIpc) is 2.61. The van der Waals surface area contributed by atoms with Crippen LogP contribution in [0.1, 0.15) is 50.5 Å². The molecule has 0 unspecified atom stereocenters. The smallest absolute Gasteiger partial charge is 0.415 e. The third kappa shape index (κ3) is 2.79. The van der Waals surface area contributed by atoms with E-state index >= 15 is 0 Å². The number of benzene rings is 1. The summed E-state index contributed by atoms with van der Waals surface area (Å²) < 4.78 is 19.9. The molecule has 5 heteroatoms. The Morgan fingerprint density at radius 2 is 1.96 bits per heavy atom. The van der Waals surface area contributed by atoms with Crippen molar-refractivity contribution in [2.75, 3.05) is 24.5 Å². The monoisotopic (exact) mass is 332 g/mol. The van der Waals surface area contributed by atoms with Crippen LogP contribution in [0, 0.1) is 11.7 Å². The largest absolute Gasteiger partial charge is 0.437 e. The molecule has 4 rings (SSSR count). The van der Waals surface area contributed by atoms with Gasteiger partial charge in [-0.2, -0.15) is 0 Å². The molecule has 1 amide bonds. The number of fused-ring (bicyclic) bond motifs is 2. The topological polar surface area (TPSA) is 41.6 Å². The van der Waals surface area contributed by atoms with E-state index in [1.807, 2.05) is 0 Å². The summed E-state index contributed by atoms with van der Waals surface area (Å²) >= 11 is 0. The number of hydrogen-bond acceptors (Lipinski definition) is 3. The maximum atomic E-state index is 13.9. The molecule has 1 spiro atoms. The number of piperidine rings is 1. The van der Waals surface area contributed by atoms with Crippen molar-refractivity contribution in [1.82, 2.24) is 5.32 Å². The van der Waals surface area contributed by atoms with Crippen LogP contribution in [0.15, 0.2) is 18.2 Å². The zero-order chi connectivity index (χ0) is 16.6. The molecule has 1 saturated carbocycles. The number of nitrogens with one attached hydrogen (secondary N) is 1. The molecule has 2 aliphatic heterocycles. The molecule has 24 heavy (non-hydrogen) atoms. The van der Waals surface area contributed by atoms with E-state index in [-0.39, 0.29) is 11.9 Å². The minimum atomic E-state index is -0.664. The lowest BCUT2D eigenvalue weighted by Crippen LogP contribution is -2.51. The minimum Gasteiger partial charge on any atom is -0.437 e. The summed E-state index contributed by atoms with van der Waals surface area (Å²) in [6.07, 6.45) is 7.23. The van der Waals surface area contributed by atoms with Crippen molar-refractivity contribution >= 4 is 11.8 Å². The maximum Gasteiger partial charge on any atom is 0.415 e. The summed E-state index contributed by atoms with van der Waals surface area (Å²) in [5.74, 6) is 0.258. The van der Waals surface area contributed by atoms with Crippen molar-refractivity contribution in [3.8, 4) is 0 Å². The highest BCUT2D eigenvalue weighted by Gasteiger charge is 2.46. The Hall–Kier alpha value is -1.62. The third-order valence-electron chi connectivity index (χ3n) is 5.82. The lowest BCUT2D eigenvalue weighted by molar-refractivity contribution is -0.0186. The normalized spacial score (nSPS) is 23.9. The Balaban J connectivity index is 1.68. The highest BCUT2D eigenvalue weighted by atomic mass is 19.1. The molecule has 1 aromatic rings. The van der Waals surface area contributed by atoms with Crippen molar-refractivity contribution in [1.29, 1.82) is 0 Å². The van der Waals surface area contributed by atoms with Gasteiger partial charge in [0.2, 0.25) is 0 Å². The molecular weight excluding hydrogens is 307 g/mol. The van der Waals surface area contributed by atoms with E-state index in [4.69, 9.17) is 4.74 Å². The van der Waals surface area contributed by atoms with Gasteiger partial charge in [-0.3, -0.25) is 4.90 Å². The second-order valence-electron chi connectivity index (χ2n) is 7.39. The van der Waals surface area contributed by atoms with Gasteiger partial charge in [-0.25, -0.2) is 9.18 Å². The fraction of sp³-hybridized carbons (Fsp3) is 0.632. The molecule has 1 aromatic carbocycles. The number of ether oxygens (including phenoxy) is 1. The van der Waals surface area contributed by atoms with Crippen LogP contribution >= 0.6 is 0 Å². The SMILES string of the molecule is O=C1OC2(CCNCC2)c2cc(F)ccc2N1CC1CCCCC1. The molecule has 0 aromatic heterocycles. The van der Waals surface area contributed by atoms with Gasteiger partial charge in [0.25, 0.3) is 0 Å². The Labute approximate surface area is 142 Å². The van der Waals surface area contributed by atoms with Crippen LogP contribution in [0.25, 0.3) is 0 Å². The quantitative estimate of drug-likeness (QED) is 0.892. The standard InChI is InChI=1S/C19H25FN2O2/c20-15-6-7-17-16(12-15)19(8-10-21-11-9-19)24-18(23)22(17)13-14-4-2-1-3-5-14/h6-7,12,14,21H,1-5,8-11,13H2. The molecule has 4 nitrogen and oxygen atoms in total. The molecule has 0 radical (unpaired) electrons. The van der Waals surface area contributed by atoms with Crippen LogP contribution in [-0.4, -0.2) is 25.7 Å². The maximum absolute atomic E-state index is 13.9. The first kappa shape index (κ1) is 15.9. The second-order valence-corrected chi connectivity index (χ2v) is 7.39. The summed E-state index contributed by atoms with van der Waals surface area (Å²) in [5, 5.41) is 3.29. The highest BCUT2D eigenvalue weighted by Crippen LogP contribution is 2.45. The first-order chi connectivity index (χ1) is 11.7. The molecule has 2 heterocycles. The third-order valence-corrected chi connectivity index (χ3v) is 5.82. The van der Waals surface area contributed by atoms with Crippen LogP contribution in [0.2, 0.25) is 0 Å². The van der Waals surface area contributed by atoms with Crippen LogP contribution in [0.4, 0.5) is 14.9 Å². The minimum absolute atomic E-state index is 0.262. The number of amides is 1. The van der Waals surface area contributed by atoms with Crippen LogP contribution < -0.4 is 10.2 Å². The lowest BCUT2D eigenvalue weighted by Gasteiger charge is -2.45. The van der Waals surface area contributed by atoms with Gasteiger partial charge in [-0.15, -0.1) is 0 Å². The van der Waals surface area contributed by atoms with Gasteiger partial charge in [0.05, 0.1) is 5.69 Å². The predicted octanol–water partition coefficient (Wildman–Crippen LogP) is 3.94. The van der Waals surface area contributed by atoms with E-state index in [1.165, 1.54) is 25.3 Å². The summed E-state index contributed by atoms with van der Waals surface area (Å²) in [6, 6.07) is 4.79. The molecule has 3 aliphatic rings. The van der Waals surface area contributed by atoms with Crippen molar-refractivity contribution in [2.24, 2.45) is 5.92 Å². The number of anilines is 1. The zero-order valence-corrected chi connectivity index (χ0v) is 14.0. The van der Waals surface area contributed by atoms with Gasteiger partial charge < -0.3 is 10.1 Å². The number of carbonyl (C=O) groups is 1. The summed E-state index contributed by atoms with van der Waals surface area (Å²) in [4.78, 5) is 14.5. The number of nitrogens with zero attached hydrogens (tertiary/aromatic N) is 1. The van der Waals surface area contributed by atoms with Crippen LogP contribution in [0.3, 0.4) is 0 Å². The molecule has 1 N–H and O–H groups in total. The van der Waals surface area contributed by atoms with Crippen LogP contribution in [-0.2, 0) is 10.3 Å². The number of halogens is 1. The molecule has 2 fully saturated rings. The van der Waals surface area contributed by atoms with Gasteiger partial charge in [0.1, 0.15) is 11.4 Å². The van der Waals surface area contributed by atoms with E-state index in [1.54, 1.807) is 17.0 Å². The van der Waals surface area contributed by atoms with Gasteiger partial charge in [0.15, 0.2) is 0 Å². The van der Waals surface area contributed by atoms with Crippen molar-refractivity contribution in [3.63, 3.8) is 0 Å². The Morgan fingerprint density at radius 1 is 1.21 bits per heavy atom. The lowest BCUT2D eigenvalue weighted by atomic mass is 9.82. The number of rotatable bonds is 2. The fourth-order valence-electron chi connectivity index (χ4n) is 4.49. The van der Waals surface area contributed by atoms with Crippen molar-refractivity contribution < 1.29 is 13.9 Å². The van der Waals surface area contributed by atoms with E-state index < -0.39 is 5.60 Å². The van der Waals surface area contributed by atoms with Gasteiger partial charge >= 0.3 is 6.09 Å². The summed E-state index contributed by atoms with van der Waals surface area (Å²) in [7, 11) is 0. The summed E-state index contributed by atoms with van der Waals surface area (Å²) in [5.41, 5.74) is 1.03. The van der Waals surface area contributed by atoms with E-state index in [0.717, 1.165) is 37.2 Å². The molecule has 1 saturated heterocycles. The second kappa shape index (κ2) is 6.36. The highest BCUT2D eigenvalue weighted by molar-refractivity contribution is 5.91. The van der Waals surface area contributed by atoms with Gasteiger partial charge in [-0.05, 0) is 50.0 Å². The predicted molar refractivity (Wildman–Crippen MR) is 90.6 cm³/mol. The summed E-state index contributed by atoms with van der Waals surface area (Å²) in [6.45, 7) is 2.25. The van der Waals surface area contributed by atoms with E-state index in [2.05, 4.69) is 5.32 Å². The van der Waals surface area contributed by atoms with E-state index in [9.17, 15) is 9.18 Å². The molecular formula is C19H25FN2O2. The van der Waals surface area contributed by atoms with Crippen LogP contribution in [0.5, 0.6) is 0 Å². The van der Waals surface area contributed by atoms with Crippen molar-refractivity contribution in [3.05, 3.63) is 29.6 Å². The number of hydrogen-bond donors (Lipinski definition) is 1. The fourth-order valence-corrected chi connectivity index (χ4v) is 4.49.